The number of H-pyrrole nitrogens is 1. The van der Waals surface area contributed by atoms with Crippen LogP contribution < -0.4 is 10.9 Å². The highest BCUT2D eigenvalue weighted by atomic mass is 79.9. The fraction of sp³-hybridized carbons (Fsp3) is 0.308. The summed E-state index contributed by atoms with van der Waals surface area (Å²) in [7, 11) is -3.59. The van der Waals surface area contributed by atoms with Crippen molar-refractivity contribution in [1.29, 1.82) is 0 Å². The topological polar surface area (TPSA) is 68.4 Å². The van der Waals surface area contributed by atoms with Crippen molar-refractivity contribution < 1.29 is 13.6 Å². The SMILES string of the molecule is CCOP(=O)(OCC)c1cc2cc(Br)ccc2[nH]c1=O. The number of aromatic amines is 1. The molecule has 2 aromatic rings. The van der Waals surface area contributed by atoms with Crippen molar-refractivity contribution >= 4 is 39.7 Å². The Kier molecular flexibility index (Phi) is 4.81. The zero-order chi connectivity index (χ0) is 14.8. The van der Waals surface area contributed by atoms with Gasteiger partial charge in [-0.05, 0) is 38.1 Å². The maximum Gasteiger partial charge on any atom is 0.366 e. The quantitative estimate of drug-likeness (QED) is 0.832. The lowest BCUT2D eigenvalue weighted by Crippen LogP contribution is -2.29. The van der Waals surface area contributed by atoms with Crippen LogP contribution in [-0.2, 0) is 13.6 Å². The molecule has 0 atom stereocenters. The highest BCUT2D eigenvalue weighted by Gasteiger charge is 2.30. The first kappa shape index (κ1) is 15.4. The fourth-order valence-corrected chi connectivity index (χ4v) is 3.90. The third-order valence-electron chi connectivity index (χ3n) is 2.68. The molecule has 0 saturated heterocycles. The smallest absolute Gasteiger partial charge is 0.321 e. The number of benzene rings is 1. The third kappa shape index (κ3) is 3.04. The van der Waals surface area contributed by atoms with Gasteiger partial charge in [-0.15, -0.1) is 0 Å². The number of aromatic nitrogens is 1. The van der Waals surface area contributed by atoms with E-state index in [-0.39, 0.29) is 18.5 Å². The molecule has 2 rings (SSSR count). The summed E-state index contributed by atoms with van der Waals surface area (Å²) >= 11 is 3.36. The Balaban J connectivity index is 2.66. The number of hydrogen-bond acceptors (Lipinski definition) is 4. The molecule has 5 nitrogen and oxygen atoms in total. The van der Waals surface area contributed by atoms with Crippen LogP contribution in [0.3, 0.4) is 0 Å². The van der Waals surface area contributed by atoms with Gasteiger partial charge in [0.15, 0.2) is 0 Å². The normalized spacial score (nSPS) is 11.9. The van der Waals surface area contributed by atoms with Crippen LogP contribution >= 0.6 is 23.5 Å². The molecule has 0 bridgehead atoms. The first-order chi connectivity index (χ1) is 9.50. The first-order valence-electron chi connectivity index (χ1n) is 6.22. The monoisotopic (exact) mass is 359 g/mol. The van der Waals surface area contributed by atoms with Crippen LogP contribution in [0.15, 0.2) is 33.5 Å². The Morgan fingerprint density at radius 2 is 1.85 bits per heavy atom. The number of halogens is 1. The summed E-state index contributed by atoms with van der Waals surface area (Å²) in [6.07, 6.45) is 0. The molecule has 20 heavy (non-hydrogen) atoms. The fourth-order valence-electron chi connectivity index (χ4n) is 1.89. The van der Waals surface area contributed by atoms with Crippen molar-refractivity contribution in [3.05, 3.63) is 39.1 Å². The van der Waals surface area contributed by atoms with Crippen LogP contribution in [0.1, 0.15) is 13.8 Å². The summed E-state index contributed by atoms with van der Waals surface area (Å²) in [6, 6.07) is 6.99. The Morgan fingerprint density at radius 1 is 1.20 bits per heavy atom. The van der Waals surface area contributed by atoms with E-state index in [1.165, 1.54) is 0 Å². The van der Waals surface area contributed by atoms with E-state index >= 15 is 0 Å². The molecule has 1 aromatic carbocycles. The lowest BCUT2D eigenvalue weighted by atomic mass is 10.2. The molecule has 0 fully saturated rings. The van der Waals surface area contributed by atoms with Crippen LogP contribution in [0.25, 0.3) is 10.9 Å². The van der Waals surface area contributed by atoms with Crippen molar-refractivity contribution in [1.82, 2.24) is 4.98 Å². The van der Waals surface area contributed by atoms with Crippen molar-refractivity contribution in [3.8, 4) is 0 Å². The molecule has 1 heterocycles. The number of nitrogens with one attached hydrogen (secondary N) is 1. The van der Waals surface area contributed by atoms with Gasteiger partial charge in [0.05, 0.1) is 13.2 Å². The molecule has 0 aliphatic rings. The minimum atomic E-state index is -3.59. The van der Waals surface area contributed by atoms with E-state index in [4.69, 9.17) is 9.05 Å². The zero-order valence-electron chi connectivity index (χ0n) is 11.2. The Labute approximate surface area is 125 Å². The second kappa shape index (κ2) is 6.22. The third-order valence-corrected chi connectivity index (χ3v) is 5.29. The van der Waals surface area contributed by atoms with Crippen LogP contribution in [0.2, 0.25) is 0 Å². The van der Waals surface area contributed by atoms with E-state index in [0.29, 0.717) is 5.52 Å². The molecule has 0 aliphatic carbocycles. The van der Waals surface area contributed by atoms with E-state index in [1.54, 1.807) is 26.0 Å². The van der Waals surface area contributed by atoms with Gasteiger partial charge in [-0.1, -0.05) is 15.9 Å². The summed E-state index contributed by atoms with van der Waals surface area (Å²) < 4.78 is 24.0. The number of hydrogen-bond donors (Lipinski definition) is 1. The molecule has 1 aromatic heterocycles. The second-order valence-electron chi connectivity index (χ2n) is 4.05. The van der Waals surface area contributed by atoms with Crippen LogP contribution in [0.4, 0.5) is 0 Å². The van der Waals surface area contributed by atoms with Crippen molar-refractivity contribution in [2.75, 3.05) is 13.2 Å². The lowest BCUT2D eigenvalue weighted by Gasteiger charge is -2.16. The van der Waals surface area contributed by atoms with Crippen LogP contribution in [-0.4, -0.2) is 18.2 Å². The van der Waals surface area contributed by atoms with E-state index in [9.17, 15) is 9.36 Å². The molecule has 1 N–H and O–H groups in total. The van der Waals surface area contributed by atoms with E-state index in [0.717, 1.165) is 9.86 Å². The van der Waals surface area contributed by atoms with Gasteiger partial charge in [0.2, 0.25) is 0 Å². The minimum Gasteiger partial charge on any atom is -0.321 e. The molecular formula is C13H15BrNO4P. The largest absolute Gasteiger partial charge is 0.366 e. The lowest BCUT2D eigenvalue weighted by molar-refractivity contribution is 0.229. The predicted octanol–water partition coefficient (Wildman–Crippen LogP) is 3.18. The van der Waals surface area contributed by atoms with E-state index in [1.807, 2.05) is 12.1 Å². The highest BCUT2D eigenvalue weighted by Crippen LogP contribution is 2.45. The number of rotatable bonds is 5. The molecule has 7 heteroatoms. The minimum absolute atomic E-state index is 0.0341. The summed E-state index contributed by atoms with van der Waals surface area (Å²) in [5.41, 5.74) is 0.214. The van der Waals surface area contributed by atoms with Gasteiger partial charge in [-0.25, -0.2) is 0 Å². The van der Waals surface area contributed by atoms with Crippen molar-refractivity contribution in [2.45, 2.75) is 13.8 Å². The zero-order valence-corrected chi connectivity index (χ0v) is 13.7. The van der Waals surface area contributed by atoms with Gasteiger partial charge in [-0.3, -0.25) is 9.36 Å². The summed E-state index contributed by atoms with van der Waals surface area (Å²) in [6.45, 7) is 3.81. The predicted molar refractivity (Wildman–Crippen MR) is 82.8 cm³/mol. The van der Waals surface area contributed by atoms with Crippen molar-refractivity contribution in [2.24, 2.45) is 0 Å². The van der Waals surface area contributed by atoms with Crippen molar-refractivity contribution in [3.63, 3.8) is 0 Å². The standard InChI is InChI=1S/C13H15BrNO4P/c1-3-18-20(17,19-4-2)12-8-9-7-10(14)5-6-11(9)15-13(12)16/h5-8H,3-4H2,1-2H3,(H,15,16). The summed E-state index contributed by atoms with van der Waals surface area (Å²) in [4.78, 5) is 14.8. The molecule has 0 amide bonds. The summed E-state index contributed by atoms with van der Waals surface area (Å²) in [5, 5.41) is 0.792. The molecule has 0 radical (unpaired) electrons. The Hall–Kier alpha value is -0.940. The Morgan fingerprint density at radius 3 is 2.45 bits per heavy atom. The van der Waals surface area contributed by atoms with Gasteiger partial charge in [0, 0.05) is 15.4 Å². The average Bonchev–Trinajstić information content (AvgIpc) is 2.39. The van der Waals surface area contributed by atoms with Gasteiger partial charge in [0.1, 0.15) is 5.30 Å². The van der Waals surface area contributed by atoms with Gasteiger partial charge in [0.25, 0.3) is 5.56 Å². The Bertz CT molecular complexity index is 718. The van der Waals surface area contributed by atoms with Crippen LogP contribution in [0, 0.1) is 0 Å². The van der Waals surface area contributed by atoms with E-state index < -0.39 is 13.2 Å². The first-order valence-corrected chi connectivity index (χ1v) is 8.56. The summed E-state index contributed by atoms with van der Waals surface area (Å²) in [5.74, 6) is 0. The van der Waals surface area contributed by atoms with Gasteiger partial charge >= 0.3 is 7.60 Å². The van der Waals surface area contributed by atoms with Crippen LogP contribution in [0.5, 0.6) is 0 Å². The number of fused-ring (bicyclic) bond motifs is 1. The molecule has 0 unspecified atom stereocenters. The molecule has 0 saturated carbocycles. The maximum atomic E-state index is 12.7. The van der Waals surface area contributed by atoms with Gasteiger partial charge in [-0.2, -0.15) is 0 Å². The molecule has 0 spiro atoms. The molecular weight excluding hydrogens is 345 g/mol. The maximum absolute atomic E-state index is 12.7. The molecule has 108 valence electrons. The second-order valence-corrected chi connectivity index (χ2v) is 6.96. The number of pyridine rings is 1. The van der Waals surface area contributed by atoms with Gasteiger partial charge < -0.3 is 14.0 Å². The van der Waals surface area contributed by atoms with E-state index in [2.05, 4.69) is 20.9 Å². The highest BCUT2D eigenvalue weighted by molar-refractivity contribution is 9.10. The molecule has 0 aliphatic heterocycles. The average molecular weight is 360 g/mol.